The number of aliphatic carboxylic acids is 1. The van der Waals surface area contributed by atoms with Gasteiger partial charge in [-0.25, -0.2) is 17.6 Å². The van der Waals surface area contributed by atoms with Gasteiger partial charge in [0.25, 0.3) is 0 Å². The number of likely N-dealkylation sites (tertiary alicyclic amines) is 1. The van der Waals surface area contributed by atoms with Crippen LogP contribution in [0.25, 0.3) is 10.9 Å². The summed E-state index contributed by atoms with van der Waals surface area (Å²) in [6.45, 7) is 1.44. The van der Waals surface area contributed by atoms with Crippen molar-refractivity contribution in [2.24, 2.45) is 5.41 Å². The third kappa shape index (κ3) is 7.05. The lowest BCUT2D eigenvalue weighted by atomic mass is 9.71. The number of aliphatic hydroxyl groups is 1. The molecule has 2 heterocycles. The Morgan fingerprint density at radius 2 is 1.88 bits per heavy atom. The van der Waals surface area contributed by atoms with Crippen LogP contribution in [-0.4, -0.2) is 58.6 Å². The van der Waals surface area contributed by atoms with Gasteiger partial charge >= 0.3 is 5.97 Å². The number of halogens is 4. The topological polar surface area (TPSA) is 82.9 Å². The lowest BCUT2D eigenvalue weighted by molar-refractivity contribution is -0.141. The summed E-state index contributed by atoms with van der Waals surface area (Å²) in [6, 6.07) is 7.09. The van der Waals surface area contributed by atoms with Crippen molar-refractivity contribution in [3.63, 3.8) is 0 Å². The van der Waals surface area contributed by atoms with E-state index in [4.69, 9.17) is 4.74 Å². The molecule has 2 N–H and O–H groups in total. The number of alkyl halides is 1. The lowest BCUT2D eigenvalue weighted by Gasteiger charge is -2.41. The van der Waals surface area contributed by atoms with Crippen molar-refractivity contribution in [1.29, 1.82) is 0 Å². The molecule has 0 aliphatic carbocycles. The molecule has 1 saturated heterocycles. The molecule has 11 heteroatoms. The third-order valence-electron chi connectivity index (χ3n) is 7.69. The second kappa shape index (κ2) is 13.2. The number of hydrogen-bond acceptors (Lipinski definition) is 6. The summed E-state index contributed by atoms with van der Waals surface area (Å²) in [6.07, 6.45) is 1.53. The van der Waals surface area contributed by atoms with Crippen molar-refractivity contribution < 1.29 is 37.3 Å². The maximum Gasteiger partial charge on any atom is 0.303 e. The molecule has 1 aliphatic heterocycles. The number of pyridine rings is 1. The predicted molar refractivity (Wildman–Crippen MR) is 145 cm³/mol. The molecule has 4 rings (SSSR count). The average Bonchev–Trinajstić information content (AvgIpc) is 2.94. The van der Waals surface area contributed by atoms with Crippen LogP contribution in [0.1, 0.15) is 49.4 Å². The van der Waals surface area contributed by atoms with E-state index < -0.39 is 35.0 Å². The van der Waals surface area contributed by atoms with Gasteiger partial charge < -0.3 is 19.8 Å². The Morgan fingerprint density at radius 3 is 2.50 bits per heavy atom. The minimum atomic E-state index is -1.49. The summed E-state index contributed by atoms with van der Waals surface area (Å²) in [5.74, 6) is -3.82. The molecule has 2 aromatic carbocycles. The second-order valence-corrected chi connectivity index (χ2v) is 11.4. The molecule has 216 valence electrons. The van der Waals surface area contributed by atoms with E-state index in [9.17, 15) is 28.2 Å². The SMILES string of the molecule is COc1ccc2ncc(CO)c([C@@H](F)CCC3(CC(=O)O)CCN(CCSc4cc(F)c(F)c(F)c4)CC3)c2c1. The number of methoxy groups -OCH3 is 1. The summed E-state index contributed by atoms with van der Waals surface area (Å²) >= 11 is 1.21. The van der Waals surface area contributed by atoms with E-state index in [1.807, 2.05) is 0 Å². The molecule has 0 bridgehead atoms. The number of ether oxygens (including phenoxy) is 1. The summed E-state index contributed by atoms with van der Waals surface area (Å²) in [5.41, 5.74) is 0.727. The normalized spacial score (nSPS) is 16.2. The number of piperidine rings is 1. The molecule has 40 heavy (non-hydrogen) atoms. The van der Waals surface area contributed by atoms with Crippen LogP contribution in [-0.2, 0) is 11.4 Å². The van der Waals surface area contributed by atoms with Gasteiger partial charge in [0.1, 0.15) is 11.9 Å². The van der Waals surface area contributed by atoms with E-state index in [0.717, 1.165) is 12.1 Å². The lowest BCUT2D eigenvalue weighted by Crippen LogP contribution is -2.42. The Labute approximate surface area is 234 Å². The molecule has 6 nitrogen and oxygen atoms in total. The highest BCUT2D eigenvalue weighted by atomic mass is 32.2. The minimum absolute atomic E-state index is 0.0752. The summed E-state index contributed by atoms with van der Waals surface area (Å²) in [5, 5.41) is 20.1. The number of carboxylic acids is 1. The number of nitrogens with zero attached hydrogens (tertiary/aromatic N) is 2. The zero-order valence-corrected chi connectivity index (χ0v) is 23.0. The van der Waals surface area contributed by atoms with Crippen LogP contribution in [0.15, 0.2) is 41.4 Å². The Hall–Kier alpha value is -2.89. The number of fused-ring (bicyclic) bond motifs is 1. The highest BCUT2D eigenvalue weighted by molar-refractivity contribution is 7.99. The molecule has 1 aliphatic rings. The first-order chi connectivity index (χ1) is 19.1. The van der Waals surface area contributed by atoms with Crippen molar-refractivity contribution in [3.8, 4) is 5.75 Å². The fourth-order valence-electron chi connectivity index (χ4n) is 5.43. The molecule has 0 amide bonds. The van der Waals surface area contributed by atoms with Crippen molar-refractivity contribution in [3.05, 3.63) is 65.1 Å². The van der Waals surface area contributed by atoms with Gasteiger partial charge in [0.15, 0.2) is 17.5 Å². The van der Waals surface area contributed by atoms with E-state index >= 15 is 4.39 Å². The molecule has 0 radical (unpaired) electrons. The van der Waals surface area contributed by atoms with E-state index in [1.54, 1.807) is 18.2 Å². The molecule has 1 aromatic heterocycles. The number of carboxylic acid groups (broad SMARTS) is 1. The van der Waals surface area contributed by atoms with E-state index in [0.29, 0.717) is 77.3 Å². The van der Waals surface area contributed by atoms with Crippen LogP contribution in [0, 0.1) is 22.9 Å². The van der Waals surface area contributed by atoms with Gasteiger partial charge in [-0.3, -0.25) is 9.78 Å². The average molecular weight is 581 g/mol. The molecule has 0 unspecified atom stereocenters. The van der Waals surface area contributed by atoms with Crippen LogP contribution >= 0.6 is 11.8 Å². The Morgan fingerprint density at radius 1 is 1.18 bits per heavy atom. The number of aromatic nitrogens is 1. The van der Waals surface area contributed by atoms with Crippen molar-refractivity contribution in [1.82, 2.24) is 9.88 Å². The first-order valence-electron chi connectivity index (χ1n) is 13.1. The van der Waals surface area contributed by atoms with Gasteiger partial charge in [0, 0.05) is 39.9 Å². The summed E-state index contributed by atoms with van der Waals surface area (Å²) < 4.78 is 61.3. The number of carbonyl (C=O) groups is 1. The van der Waals surface area contributed by atoms with Crippen LogP contribution in [0.4, 0.5) is 17.6 Å². The largest absolute Gasteiger partial charge is 0.497 e. The van der Waals surface area contributed by atoms with Crippen molar-refractivity contribution in [2.75, 3.05) is 32.5 Å². The van der Waals surface area contributed by atoms with Crippen LogP contribution < -0.4 is 4.74 Å². The Kier molecular flexibility index (Phi) is 9.91. The standard InChI is InChI=1S/C29H32F4N2O4S/c1-39-19-2-3-25-21(12-19)27(18(17-36)16-34-25)22(30)4-5-29(15-26(37)38)6-8-35(9-7-29)10-11-40-20-13-23(31)28(33)24(32)14-20/h2-3,12-14,16,22,36H,4-11,15,17H2,1H3,(H,37,38)/t22-/m0/s1. The number of thioether (sulfide) groups is 1. The smallest absolute Gasteiger partial charge is 0.303 e. The van der Waals surface area contributed by atoms with E-state index in [-0.39, 0.29) is 19.4 Å². The van der Waals surface area contributed by atoms with Gasteiger partial charge in [-0.2, -0.15) is 0 Å². The number of hydrogen-bond donors (Lipinski definition) is 2. The highest BCUT2D eigenvalue weighted by Gasteiger charge is 2.37. The number of benzene rings is 2. The van der Waals surface area contributed by atoms with Gasteiger partial charge in [-0.1, -0.05) is 0 Å². The van der Waals surface area contributed by atoms with Gasteiger partial charge in [-0.05, 0) is 74.5 Å². The van der Waals surface area contributed by atoms with Crippen LogP contribution in [0.5, 0.6) is 5.75 Å². The van der Waals surface area contributed by atoms with Crippen molar-refractivity contribution >= 4 is 28.6 Å². The second-order valence-electron chi connectivity index (χ2n) is 10.2. The maximum absolute atomic E-state index is 15.9. The molecule has 3 aromatic rings. The van der Waals surface area contributed by atoms with Crippen LogP contribution in [0.3, 0.4) is 0 Å². The maximum atomic E-state index is 15.9. The Balaban J connectivity index is 1.40. The van der Waals surface area contributed by atoms with Crippen LogP contribution in [0.2, 0.25) is 0 Å². The monoisotopic (exact) mass is 580 g/mol. The molecule has 1 fully saturated rings. The predicted octanol–water partition coefficient (Wildman–Crippen LogP) is 6.29. The quantitative estimate of drug-likeness (QED) is 0.148. The van der Waals surface area contributed by atoms with Crippen molar-refractivity contribution in [2.45, 2.75) is 49.8 Å². The summed E-state index contributed by atoms with van der Waals surface area (Å²) in [4.78, 5) is 18.5. The first kappa shape index (κ1) is 30.1. The fourth-order valence-corrected chi connectivity index (χ4v) is 6.39. The molecular weight excluding hydrogens is 548 g/mol. The first-order valence-corrected chi connectivity index (χ1v) is 14.1. The summed E-state index contributed by atoms with van der Waals surface area (Å²) in [7, 11) is 1.51. The molecule has 0 spiro atoms. The number of rotatable bonds is 12. The van der Waals surface area contributed by atoms with E-state index in [1.165, 1.54) is 25.1 Å². The molecular formula is C29H32F4N2O4S. The number of aliphatic hydroxyl groups excluding tert-OH is 1. The zero-order valence-electron chi connectivity index (χ0n) is 22.1. The fraction of sp³-hybridized carbons (Fsp3) is 0.448. The minimum Gasteiger partial charge on any atom is -0.497 e. The highest BCUT2D eigenvalue weighted by Crippen LogP contribution is 2.43. The molecule has 1 atom stereocenters. The van der Waals surface area contributed by atoms with Gasteiger partial charge in [0.2, 0.25) is 0 Å². The van der Waals surface area contributed by atoms with Gasteiger partial charge in [0.05, 0.1) is 25.7 Å². The molecule has 0 saturated carbocycles. The third-order valence-corrected chi connectivity index (χ3v) is 8.64. The Bertz CT molecular complexity index is 1320. The zero-order chi connectivity index (χ0) is 28.9. The van der Waals surface area contributed by atoms with Gasteiger partial charge in [-0.15, -0.1) is 11.8 Å². The van der Waals surface area contributed by atoms with E-state index in [2.05, 4.69) is 9.88 Å².